The van der Waals surface area contributed by atoms with Gasteiger partial charge in [0.05, 0.1) is 6.26 Å². The van der Waals surface area contributed by atoms with Crippen molar-refractivity contribution in [2.75, 3.05) is 25.0 Å². The molecule has 0 radical (unpaired) electrons. The highest BCUT2D eigenvalue weighted by molar-refractivity contribution is 7.80. The first-order valence-electron chi connectivity index (χ1n) is 10.6. The van der Waals surface area contributed by atoms with E-state index in [0.29, 0.717) is 23.0 Å². The van der Waals surface area contributed by atoms with Crippen molar-refractivity contribution in [3.8, 4) is 11.5 Å². The molecule has 0 saturated carbocycles. The Morgan fingerprint density at radius 3 is 2.83 bits per heavy atom. The average molecular weight is 422 g/mol. The lowest BCUT2D eigenvalue weighted by Crippen LogP contribution is -2.56. The monoisotopic (exact) mass is 421 g/mol. The fraction of sp³-hybridized carbons (Fsp3) is 0.391. The Labute approximate surface area is 182 Å². The van der Waals surface area contributed by atoms with Crippen molar-refractivity contribution in [3.63, 3.8) is 0 Å². The first kappa shape index (κ1) is 19.3. The number of hydrogen-bond acceptors (Lipinski definition) is 4. The molecule has 2 aromatic heterocycles. The van der Waals surface area contributed by atoms with E-state index >= 15 is 0 Å². The molecule has 0 spiro atoms. The van der Waals surface area contributed by atoms with Crippen molar-refractivity contribution < 1.29 is 4.42 Å². The summed E-state index contributed by atoms with van der Waals surface area (Å²) >= 11 is 5.49. The number of thiocarbonyl (C=S) groups is 1. The summed E-state index contributed by atoms with van der Waals surface area (Å²) in [7, 11) is 2.05. The van der Waals surface area contributed by atoms with Crippen molar-refractivity contribution in [1.29, 1.82) is 0 Å². The molecule has 3 fully saturated rings. The molecule has 0 amide bonds. The van der Waals surface area contributed by atoms with Gasteiger partial charge in [-0.1, -0.05) is 18.2 Å². The van der Waals surface area contributed by atoms with Crippen LogP contribution in [-0.2, 0) is 7.05 Å². The fourth-order valence-corrected chi connectivity index (χ4v) is 5.17. The van der Waals surface area contributed by atoms with Gasteiger partial charge < -0.3 is 15.1 Å². The van der Waals surface area contributed by atoms with Gasteiger partial charge in [-0.15, -0.1) is 0 Å². The second-order valence-corrected chi connectivity index (χ2v) is 8.70. The molecule has 1 unspecified atom stereocenters. The second-order valence-electron chi connectivity index (χ2n) is 8.30. The van der Waals surface area contributed by atoms with Crippen molar-refractivity contribution in [1.82, 2.24) is 20.0 Å². The maximum Gasteiger partial charge on any atom is 0.170 e. The highest BCUT2D eigenvalue weighted by atomic mass is 32.1. The predicted octanol–water partition coefficient (Wildman–Crippen LogP) is 3.84. The summed E-state index contributed by atoms with van der Waals surface area (Å²) in [6, 6.07) is 16.7. The third kappa shape index (κ3) is 3.87. The van der Waals surface area contributed by atoms with Gasteiger partial charge >= 0.3 is 0 Å². The van der Waals surface area contributed by atoms with E-state index in [1.165, 1.54) is 18.5 Å². The number of aryl methyl sites for hydroxylation is 1. The maximum atomic E-state index is 5.54. The largest absolute Gasteiger partial charge is 0.463 e. The summed E-state index contributed by atoms with van der Waals surface area (Å²) in [6.07, 6.45) is 4.13. The van der Waals surface area contributed by atoms with Crippen molar-refractivity contribution in [2.24, 2.45) is 13.0 Å². The molecule has 7 heteroatoms. The number of nitrogens with one attached hydrogen (secondary N) is 2. The Hall–Kier alpha value is -2.64. The number of para-hydroxylation sites is 1. The number of aromatic nitrogens is 2. The summed E-state index contributed by atoms with van der Waals surface area (Å²) in [4.78, 5) is 2.61. The fourth-order valence-electron chi connectivity index (χ4n) is 4.97. The standard InChI is InChI=1S/C23H27N5OS/c1-27-21(13-20(26-27)22-8-5-11-29-22)19-15-28-10-9-16(19)12-18(28)14-24-23(30)25-17-6-3-2-4-7-17/h2-8,11,13,16,18-19H,9-10,12,14-15H2,1H3,(H2,24,25,30)/t16-,18+,19+/m0/s1. The number of hydrogen-bond donors (Lipinski definition) is 2. The molecular weight excluding hydrogens is 394 g/mol. The van der Waals surface area contributed by atoms with Crippen LogP contribution < -0.4 is 10.6 Å². The van der Waals surface area contributed by atoms with Crippen LogP contribution >= 0.6 is 12.2 Å². The zero-order valence-electron chi connectivity index (χ0n) is 17.1. The molecule has 5 heterocycles. The van der Waals surface area contributed by atoms with E-state index in [-0.39, 0.29) is 0 Å². The van der Waals surface area contributed by atoms with Gasteiger partial charge in [0.25, 0.3) is 0 Å². The summed E-state index contributed by atoms with van der Waals surface area (Å²) < 4.78 is 7.58. The molecule has 2 bridgehead atoms. The third-order valence-electron chi connectivity index (χ3n) is 6.48. The van der Waals surface area contributed by atoms with Crippen LogP contribution in [0, 0.1) is 5.92 Å². The normalized spacial score (nSPS) is 25.2. The van der Waals surface area contributed by atoms with Crippen molar-refractivity contribution in [3.05, 3.63) is 60.5 Å². The Balaban J connectivity index is 1.21. The van der Waals surface area contributed by atoms with Crippen molar-refractivity contribution in [2.45, 2.75) is 24.8 Å². The zero-order valence-corrected chi connectivity index (χ0v) is 17.9. The molecule has 3 aliphatic rings. The molecule has 1 aromatic carbocycles. The van der Waals surface area contributed by atoms with Crippen LogP contribution in [0.4, 0.5) is 5.69 Å². The van der Waals surface area contributed by atoms with Gasteiger partial charge in [0, 0.05) is 43.5 Å². The Bertz CT molecular complexity index is 1000. The molecule has 6 rings (SSSR count). The molecule has 3 aromatic rings. The molecule has 156 valence electrons. The number of rotatable bonds is 5. The summed E-state index contributed by atoms with van der Waals surface area (Å²) in [5.74, 6) is 2.03. The first-order valence-corrected chi connectivity index (χ1v) is 11.0. The maximum absolute atomic E-state index is 5.54. The smallest absolute Gasteiger partial charge is 0.170 e. The highest BCUT2D eigenvalue weighted by Crippen LogP contribution is 2.42. The quantitative estimate of drug-likeness (QED) is 0.611. The Kier molecular flexibility index (Phi) is 5.31. The van der Waals surface area contributed by atoms with Gasteiger partial charge in [-0.25, -0.2) is 0 Å². The van der Waals surface area contributed by atoms with Gasteiger partial charge in [0.15, 0.2) is 10.9 Å². The molecular formula is C23H27N5OS. The van der Waals surface area contributed by atoms with E-state index in [9.17, 15) is 0 Å². The topological polar surface area (TPSA) is 58.3 Å². The van der Waals surface area contributed by atoms with Crippen LogP contribution in [0.1, 0.15) is 24.5 Å². The highest BCUT2D eigenvalue weighted by Gasteiger charge is 2.41. The summed E-state index contributed by atoms with van der Waals surface area (Å²) in [5, 5.41) is 12.1. The lowest BCUT2D eigenvalue weighted by Gasteiger charge is -2.50. The van der Waals surface area contributed by atoms with Gasteiger partial charge in [0.2, 0.25) is 0 Å². The van der Waals surface area contributed by atoms with Crippen LogP contribution in [0.3, 0.4) is 0 Å². The summed E-state index contributed by atoms with van der Waals surface area (Å²) in [6.45, 7) is 3.12. The predicted molar refractivity (Wildman–Crippen MR) is 122 cm³/mol. The minimum absolute atomic E-state index is 0.519. The third-order valence-corrected chi connectivity index (χ3v) is 6.72. The van der Waals surface area contributed by atoms with Gasteiger partial charge in [-0.2, -0.15) is 5.10 Å². The van der Waals surface area contributed by atoms with Crippen LogP contribution in [0.15, 0.2) is 59.2 Å². The van der Waals surface area contributed by atoms with E-state index in [1.54, 1.807) is 6.26 Å². The van der Waals surface area contributed by atoms with E-state index in [0.717, 1.165) is 36.8 Å². The SMILES string of the molecule is Cn1nc(-c2ccco2)cc1[C@@H]1CN2CC[C@H]1C[C@@H]2CNC(=S)Nc1ccccc1. The average Bonchev–Trinajstić information content (AvgIpc) is 3.43. The minimum atomic E-state index is 0.519. The number of furan rings is 1. The molecule has 30 heavy (non-hydrogen) atoms. The number of anilines is 1. The second kappa shape index (κ2) is 8.24. The zero-order chi connectivity index (χ0) is 20.5. The van der Waals surface area contributed by atoms with E-state index in [1.807, 2.05) is 54.2 Å². The molecule has 2 N–H and O–H groups in total. The van der Waals surface area contributed by atoms with Crippen molar-refractivity contribution >= 4 is 23.0 Å². The summed E-state index contributed by atoms with van der Waals surface area (Å²) in [5.41, 5.74) is 3.25. The molecule has 4 atom stereocenters. The van der Waals surface area contributed by atoms with Crippen LogP contribution in [0.2, 0.25) is 0 Å². The van der Waals surface area contributed by atoms with E-state index < -0.39 is 0 Å². The Morgan fingerprint density at radius 1 is 1.23 bits per heavy atom. The first-order chi connectivity index (χ1) is 14.7. The molecule has 6 nitrogen and oxygen atoms in total. The van der Waals surface area contributed by atoms with Crippen LogP contribution in [0.25, 0.3) is 11.5 Å². The van der Waals surface area contributed by atoms with Gasteiger partial charge in [0.1, 0.15) is 5.69 Å². The number of nitrogens with zero attached hydrogens (tertiary/aromatic N) is 3. The van der Waals surface area contributed by atoms with Gasteiger partial charge in [-0.05, 0) is 67.9 Å². The minimum Gasteiger partial charge on any atom is -0.463 e. The van der Waals surface area contributed by atoms with Crippen LogP contribution in [-0.4, -0.2) is 45.5 Å². The lowest BCUT2D eigenvalue weighted by molar-refractivity contribution is 0.0303. The Morgan fingerprint density at radius 2 is 2.10 bits per heavy atom. The molecule has 3 aliphatic heterocycles. The number of benzene rings is 1. The molecule has 3 saturated heterocycles. The van der Waals surface area contributed by atoms with E-state index in [2.05, 4.69) is 21.6 Å². The molecule has 0 aliphatic carbocycles. The van der Waals surface area contributed by atoms with E-state index in [4.69, 9.17) is 21.7 Å². The van der Waals surface area contributed by atoms with Gasteiger partial charge in [-0.3, -0.25) is 9.58 Å². The van der Waals surface area contributed by atoms with Crippen LogP contribution in [0.5, 0.6) is 0 Å². The lowest BCUT2D eigenvalue weighted by atomic mass is 9.74. The number of fused-ring (bicyclic) bond motifs is 3. The number of piperidine rings is 3.